The van der Waals surface area contributed by atoms with E-state index < -0.39 is 23.8 Å². The zero-order valence-corrected chi connectivity index (χ0v) is 7.36. The molecule has 0 aliphatic heterocycles. The molecule has 0 radical (unpaired) electrons. The molecular weight excluding hydrogens is 172 g/mol. The van der Waals surface area contributed by atoms with Crippen molar-refractivity contribution < 1.29 is 19.4 Å². The molecule has 0 amide bonds. The Hall–Kier alpha value is -1.32. The molecule has 1 rings (SSSR count). The van der Waals surface area contributed by atoms with Gasteiger partial charge in [0.05, 0.1) is 13.0 Å². The third-order valence-corrected chi connectivity index (χ3v) is 2.24. The number of methoxy groups -OCH3 is 1. The van der Waals surface area contributed by atoms with Crippen molar-refractivity contribution in [2.45, 2.75) is 12.8 Å². The Morgan fingerprint density at radius 3 is 2.31 bits per heavy atom. The standard InChI is InChI=1S/C9H12O4/c1-13-9(12)7-5-3-2-4-6(7)8(10)11/h2-3,6-7H,4-5H2,1H3,(H,10,11)/p-1/t6-,7+/m1/s1. The van der Waals surface area contributed by atoms with Gasteiger partial charge in [0, 0.05) is 11.9 Å². The van der Waals surface area contributed by atoms with Crippen LogP contribution in [-0.4, -0.2) is 19.0 Å². The largest absolute Gasteiger partial charge is 0.550 e. The van der Waals surface area contributed by atoms with Crippen LogP contribution in [0.2, 0.25) is 0 Å². The normalized spacial score (nSPS) is 26.8. The number of carbonyl (C=O) groups is 2. The lowest BCUT2D eigenvalue weighted by Gasteiger charge is -2.26. The lowest BCUT2D eigenvalue weighted by Crippen LogP contribution is -2.40. The summed E-state index contributed by atoms with van der Waals surface area (Å²) in [6, 6.07) is 0. The number of allylic oxidation sites excluding steroid dienone is 2. The zero-order valence-electron chi connectivity index (χ0n) is 7.36. The first-order valence-electron chi connectivity index (χ1n) is 4.10. The SMILES string of the molecule is COC(=O)[C@H]1CC=CC[C@H]1C(=O)[O-]. The molecule has 13 heavy (non-hydrogen) atoms. The van der Waals surface area contributed by atoms with Crippen LogP contribution in [0.5, 0.6) is 0 Å². The van der Waals surface area contributed by atoms with E-state index in [2.05, 4.69) is 4.74 Å². The van der Waals surface area contributed by atoms with Crippen LogP contribution in [0.3, 0.4) is 0 Å². The van der Waals surface area contributed by atoms with Gasteiger partial charge in [-0.3, -0.25) is 4.79 Å². The van der Waals surface area contributed by atoms with Gasteiger partial charge < -0.3 is 14.6 Å². The maximum absolute atomic E-state index is 11.1. The Labute approximate surface area is 76.2 Å². The highest BCUT2D eigenvalue weighted by molar-refractivity contribution is 5.80. The smallest absolute Gasteiger partial charge is 0.309 e. The van der Waals surface area contributed by atoms with Crippen LogP contribution >= 0.6 is 0 Å². The minimum atomic E-state index is -1.18. The molecule has 4 nitrogen and oxygen atoms in total. The molecule has 4 heteroatoms. The lowest BCUT2D eigenvalue weighted by molar-refractivity contribution is -0.313. The summed E-state index contributed by atoms with van der Waals surface area (Å²) in [5, 5.41) is 10.6. The Kier molecular flexibility index (Phi) is 3.06. The second kappa shape index (κ2) is 4.07. The van der Waals surface area contributed by atoms with Crippen molar-refractivity contribution in [3.05, 3.63) is 12.2 Å². The molecule has 0 fully saturated rings. The number of ether oxygens (including phenoxy) is 1. The van der Waals surface area contributed by atoms with Gasteiger partial charge in [-0.25, -0.2) is 0 Å². The molecule has 0 N–H and O–H groups in total. The fourth-order valence-electron chi connectivity index (χ4n) is 1.49. The van der Waals surface area contributed by atoms with Crippen LogP contribution in [0, 0.1) is 11.8 Å². The van der Waals surface area contributed by atoms with E-state index in [1.54, 1.807) is 12.2 Å². The maximum Gasteiger partial charge on any atom is 0.309 e. The highest BCUT2D eigenvalue weighted by Gasteiger charge is 2.30. The third-order valence-electron chi connectivity index (χ3n) is 2.24. The first-order chi connectivity index (χ1) is 6.16. The summed E-state index contributed by atoms with van der Waals surface area (Å²) in [5.41, 5.74) is 0. The second-order valence-corrected chi connectivity index (χ2v) is 3.00. The number of rotatable bonds is 2. The molecule has 0 bridgehead atoms. The van der Waals surface area contributed by atoms with E-state index in [0.717, 1.165) is 0 Å². The zero-order chi connectivity index (χ0) is 9.84. The molecule has 72 valence electrons. The van der Waals surface area contributed by atoms with Gasteiger partial charge in [0.1, 0.15) is 0 Å². The van der Waals surface area contributed by atoms with E-state index >= 15 is 0 Å². The van der Waals surface area contributed by atoms with Gasteiger partial charge in [-0.2, -0.15) is 0 Å². The molecule has 0 spiro atoms. The van der Waals surface area contributed by atoms with Gasteiger partial charge >= 0.3 is 5.97 Å². The van der Waals surface area contributed by atoms with E-state index in [-0.39, 0.29) is 0 Å². The minimum absolute atomic E-state index is 0.349. The average Bonchev–Trinajstić information content (AvgIpc) is 2.16. The molecular formula is C9H11O4-. The minimum Gasteiger partial charge on any atom is -0.550 e. The first-order valence-corrected chi connectivity index (χ1v) is 4.10. The van der Waals surface area contributed by atoms with Crippen LogP contribution in [0.15, 0.2) is 12.2 Å². The summed E-state index contributed by atoms with van der Waals surface area (Å²) in [7, 11) is 1.26. The number of hydrogen-bond acceptors (Lipinski definition) is 4. The molecule has 1 aliphatic carbocycles. The highest BCUT2D eigenvalue weighted by atomic mass is 16.5. The number of aliphatic carboxylic acids is 1. The molecule has 0 aromatic carbocycles. The Balaban J connectivity index is 2.75. The first kappa shape index (κ1) is 9.77. The number of esters is 1. The van der Waals surface area contributed by atoms with Crippen LogP contribution in [0.1, 0.15) is 12.8 Å². The Morgan fingerprint density at radius 2 is 1.85 bits per heavy atom. The number of carbonyl (C=O) groups excluding carboxylic acids is 2. The van der Waals surface area contributed by atoms with Gasteiger partial charge in [-0.1, -0.05) is 12.2 Å². The quantitative estimate of drug-likeness (QED) is 0.427. The van der Waals surface area contributed by atoms with E-state index in [9.17, 15) is 14.7 Å². The summed E-state index contributed by atoms with van der Waals surface area (Å²) in [4.78, 5) is 21.8. The van der Waals surface area contributed by atoms with Gasteiger partial charge in [0.2, 0.25) is 0 Å². The van der Waals surface area contributed by atoms with Crippen molar-refractivity contribution in [3.8, 4) is 0 Å². The highest BCUT2D eigenvalue weighted by Crippen LogP contribution is 2.25. The van der Waals surface area contributed by atoms with E-state index in [1.165, 1.54) is 7.11 Å². The fourth-order valence-corrected chi connectivity index (χ4v) is 1.49. The number of carboxylic acids is 1. The van der Waals surface area contributed by atoms with Crippen molar-refractivity contribution in [2.75, 3.05) is 7.11 Å². The third kappa shape index (κ3) is 2.08. The molecule has 0 saturated carbocycles. The van der Waals surface area contributed by atoms with Crippen LogP contribution in [-0.2, 0) is 14.3 Å². The van der Waals surface area contributed by atoms with Crippen LogP contribution in [0.4, 0.5) is 0 Å². The van der Waals surface area contributed by atoms with Gasteiger partial charge in [0.15, 0.2) is 0 Å². The molecule has 0 saturated heterocycles. The number of hydrogen-bond donors (Lipinski definition) is 0. The second-order valence-electron chi connectivity index (χ2n) is 3.00. The van der Waals surface area contributed by atoms with Crippen molar-refractivity contribution in [1.29, 1.82) is 0 Å². The Bertz CT molecular complexity index is 244. The van der Waals surface area contributed by atoms with Crippen LogP contribution in [0.25, 0.3) is 0 Å². The van der Waals surface area contributed by atoms with Crippen molar-refractivity contribution >= 4 is 11.9 Å². The van der Waals surface area contributed by atoms with Crippen molar-refractivity contribution in [2.24, 2.45) is 11.8 Å². The molecule has 1 aliphatic rings. The monoisotopic (exact) mass is 183 g/mol. The molecule has 0 heterocycles. The summed E-state index contributed by atoms with van der Waals surface area (Å²) >= 11 is 0. The average molecular weight is 183 g/mol. The lowest BCUT2D eigenvalue weighted by atomic mass is 9.83. The van der Waals surface area contributed by atoms with Gasteiger partial charge in [0.25, 0.3) is 0 Å². The van der Waals surface area contributed by atoms with E-state index in [1.807, 2.05) is 0 Å². The topological polar surface area (TPSA) is 66.4 Å². The molecule has 0 aromatic heterocycles. The van der Waals surface area contributed by atoms with Crippen molar-refractivity contribution in [3.63, 3.8) is 0 Å². The van der Waals surface area contributed by atoms with E-state index in [0.29, 0.717) is 12.8 Å². The molecule has 2 atom stereocenters. The maximum atomic E-state index is 11.1. The van der Waals surface area contributed by atoms with Gasteiger partial charge in [-0.15, -0.1) is 0 Å². The molecule has 0 aromatic rings. The van der Waals surface area contributed by atoms with E-state index in [4.69, 9.17) is 0 Å². The Morgan fingerprint density at radius 1 is 1.31 bits per heavy atom. The summed E-state index contributed by atoms with van der Waals surface area (Å²) in [6.45, 7) is 0. The predicted octanol–water partition coefficient (Wildman–Crippen LogP) is -0.508. The fraction of sp³-hybridized carbons (Fsp3) is 0.556. The molecule has 0 unspecified atom stereocenters. The summed E-state index contributed by atoms with van der Waals surface area (Å²) < 4.78 is 4.51. The van der Waals surface area contributed by atoms with Gasteiger partial charge in [-0.05, 0) is 12.8 Å². The summed E-state index contributed by atoms with van der Waals surface area (Å²) in [6.07, 6.45) is 4.31. The summed E-state index contributed by atoms with van der Waals surface area (Å²) in [5.74, 6) is -2.98. The van der Waals surface area contributed by atoms with Crippen LogP contribution < -0.4 is 5.11 Å². The predicted molar refractivity (Wildman–Crippen MR) is 42.4 cm³/mol. The van der Waals surface area contributed by atoms with Crippen molar-refractivity contribution in [1.82, 2.24) is 0 Å². The number of carboxylic acid groups (broad SMARTS) is 1.